The zero-order valence-corrected chi connectivity index (χ0v) is 12.9. The smallest absolute Gasteiger partial charge is 0.275 e. The van der Waals surface area contributed by atoms with Crippen LogP contribution < -0.4 is 5.32 Å². The van der Waals surface area contributed by atoms with Crippen LogP contribution >= 0.6 is 0 Å². The molecule has 1 aromatic heterocycles. The van der Waals surface area contributed by atoms with Gasteiger partial charge in [0.1, 0.15) is 5.76 Å². The van der Waals surface area contributed by atoms with Gasteiger partial charge in [0, 0.05) is 27.2 Å². The third-order valence-corrected chi connectivity index (χ3v) is 5.16. The summed E-state index contributed by atoms with van der Waals surface area (Å²) in [5, 5.41) is 3.28. The lowest BCUT2D eigenvalue weighted by atomic mass is 10.4. The molecule has 0 bridgehead atoms. The minimum Gasteiger partial charge on any atom is -0.447 e. The maximum atomic E-state index is 11.9. The van der Waals surface area contributed by atoms with E-state index in [1.54, 1.807) is 6.07 Å². The molecule has 7 heteroatoms. The molecule has 6 nitrogen and oxygen atoms in total. The Balaban J connectivity index is 1.78. The first-order chi connectivity index (χ1) is 9.50. The van der Waals surface area contributed by atoms with Crippen molar-refractivity contribution < 1.29 is 12.8 Å². The molecule has 1 aliphatic heterocycles. The van der Waals surface area contributed by atoms with Crippen molar-refractivity contribution in [1.82, 2.24) is 14.5 Å². The number of nitrogens with one attached hydrogen (secondary N) is 1. The van der Waals surface area contributed by atoms with E-state index in [-0.39, 0.29) is 5.09 Å². The molecule has 1 fully saturated rings. The number of nitrogens with zero attached hydrogens (tertiary/aromatic N) is 2. The lowest BCUT2D eigenvalue weighted by molar-refractivity contribution is 0.329. The van der Waals surface area contributed by atoms with Gasteiger partial charge in [-0.15, -0.1) is 0 Å². The molecule has 0 aliphatic carbocycles. The molecule has 0 amide bonds. The highest BCUT2D eigenvalue weighted by Gasteiger charge is 2.21. The van der Waals surface area contributed by atoms with Gasteiger partial charge < -0.3 is 14.6 Å². The predicted molar refractivity (Wildman–Crippen MR) is 77.0 cm³/mol. The maximum Gasteiger partial charge on any atom is 0.275 e. The molecule has 1 aliphatic rings. The van der Waals surface area contributed by atoms with Gasteiger partial charge in [-0.3, -0.25) is 0 Å². The summed E-state index contributed by atoms with van der Waals surface area (Å²) in [5.41, 5.74) is 0. The van der Waals surface area contributed by atoms with E-state index in [1.165, 1.54) is 46.1 Å². The number of sulfonamides is 1. The van der Waals surface area contributed by atoms with Gasteiger partial charge in [0.05, 0.1) is 6.54 Å². The van der Waals surface area contributed by atoms with Gasteiger partial charge in [0.2, 0.25) is 5.09 Å². The van der Waals surface area contributed by atoms with E-state index in [1.807, 2.05) is 0 Å². The van der Waals surface area contributed by atoms with E-state index >= 15 is 0 Å². The van der Waals surface area contributed by atoms with Gasteiger partial charge >= 0.3 is 0 Å². The predicted octanol–water partition coefficient (Wildman–Crippen LogP) is 0.715. The fraction of sp³-hybridized carbons (Fsp3) is 0.692. The minimum atomic E-state index is -3.47. The highest BCUT2D eigenvalue weighted by molar-refractivity contribution is 7.88. The highest BCUT2D eigenvalue weighted by atomic mass is 32.2. The molecule has 0 atom stereocenters. The Bertz CT molecular complexity index is 519. The second-order valence-electron chi connectivity index (χ2n) is 5.23. The lowest BCUT2D eigenvalue weighted by Crippen LogP contribution is -2.29. The molecule has 0 radical (unpaired) electrons. The summed E-state index contributed by atoms with van der Waals surface area (Å²) in [6.45, 7) is 4.85. The Kier molecular flexibility index (Phi) is 5.20. The largest absolute Gasteiger partial charge is 0.447 e. The zero-order chi connectivity index (χ0) is 14.6. The van der Waals surface area contributed by atoms with E-state index in [4.69, 9.17) is 4.42 Å². The second-order valence-corrected chi connectivity index (χ2v) is 7.32. The molecule has 0 aromatic carbocycles. The lowest BCUT2D eigenvalue weighted by Gasteiger charge is -2.14. The summed E-state index contributed by atoms with van der Waals surface area (Å²) >= 11 is 0. The van der Waals surface area contributed by atoms with Crippen LogP contribution in [0.2, 0.25) is 0 Å². The van der Waals surface area contributed by atoms with Crippen molar-refractivity contribution in [2.24, 2.45) is 0 Å². The Morgan fingerprint density at radius 1 is 1.30 bits per heavy atom. The monoisotopic (exact) mass is 301 g/mol. The molecule has 0 spiro atoms. The topological polar surface area (TPSA) is 65.8 Å². The molecule has 2 rings (SSSR count). The molecule has 2 heterocycles. The van der Waals surface area contributed by atoms with Crippen molar-refractivity contribution in [2.75, 3.05) is 40.3 Å². The average molecular weight is 301 g/mol. The van der Waals surface area contributed by atoms with Crippen LogP contribution in [-0.4, -0.2) is 57.9 Å². The summed E-state index contributed by atoms with van der Waals surface area (Å²) in [6, 6.07) is 3.21. The fourth-order valence-electron chi connectivity index (χ4n) is 2.23. The first-order valence-electron chi connectivity index (χ1n) is 6.94. The summed E-state index contributed by atoms with van der Waals surface area (Å²) in [6.07, 6.45) is 2.59. The molecular weight excluding hydrogens is 278 g/mol. The van der Waals surface area contributed by atoms with Crippen molar-refractivity contribution in [3.63, 3.8) is 0 Å². The Morgan fingerprint density at radius 2 is 2.00 bits per heavy atom. The Labute approximate surface area is 120 Å². The SMILES string of the molecule is CN(C)S(=O)(=O)c1ccc(CNCCN2CCCC2)o1. The van der Waals surface area contributed by atoms with Crippen LogP contribution in [0, 0.1) is 0 Å². The third-order valence-electron chi connectivity index (χ3n) is 3.47. The Morgan fingerprint density at radius 3 is 2.65 bits per heavy atom. The van der Waals surface area contributed by atoms with E-state index in [2.05, 4.69) is 10.2 Å². The van der Waals surface area contributed by atoms with E-state index in [0.29, 0.717) is 12.3 Å². The van der Waals surface area contributed by atoms with Gasteiger partial charge in [-0.05, 0) is 38.1 Å². The molecule has 20 heavy (non-hydrogen) atoms. The molecular formula is C13H23N3O3S. The van der Waals surface area contributed by atoms with E-state index < -0.39 is 10.0 Å². The normalized spacial score (nSPS) is 17.1. The molecule has 1 saturated heterocycles. The summed E-state index contributed by atoms with van der Waals surface area (Å²) in [7, 11) is -0.485. The van der Waals surface area contributed by atoms with Crippen LogP contribution in [0.25, 0.3) is 0 Å². The second kappa shape index (κ2) is 6.71. The van der Waals surface area contributed by atoms with Crippen molar-refractivity contribution in [2.45, 2.75) is 24.5 Å². The standard InChI is InChI=1S/C13H23N3O3S/c1-15(2)20(17,18)13-6-5-12(19-13)11-14-7-10-16-8-3-4-9-16/h5-6,14H,3-4,7-11H2,1-2H3. The summed E-state index contributed by atoms with van der Waals surface area (Å²) in [5.74, 6) is 0.645. The first kappa shape index (κ1) is 15.5. The van der Waals surface area contributed by atoms with Crippen molar-refractivity contribution >= 4 is 10.0 Å². The van der Waals surface area contributed by atoms with Crippen LogP contribution in [0.1, 0.15) is 18.6 Å². The van der Waals surface area contributed by atoms with Gasteiger partial charge in [-0.25, -0.2) is 12.7 Å². The average Bonchev–Trinajstić information content (AvgIpc) is 3.06. The fourth-order valence-corrected chi connectivity index (χ4v) is 3.04. The zero-order valence-electron chi connectivity index (χ0n) is 12.1. The molecule has 114 valence electrons. The van der Waals surface area contributed by atoms with Crippen LogP contribution in [0.15, 0.2) is 21.6 Å². The third kappa shape index (κ3) is 3.82. The number of furan rings is 1. The van der Waals surface area contributed by atoms with E-state index in [9.17, 15) is 8.42 Å². The van der Waals surface area contributed by atoms with Gasteiger partial charge in [-0.1, -0.05) is 0 Å². The van der Waals surface area contributed by atoms with Crippen molar-refractivity contribution in [3.05, 3.63) is 17.9 Å². The maximum absolute atomic E-state index is 11.9. The number of hydrogen-bond donors (Lipinski definition) is 1. The number of hydrogen-bond acceptors (Lipinski definition) is 5. The Hall–Kier alpha value is -0.890. The molecule has 0 unspecified atom stereocenters. The molecule has 1 aromatic rings. The summed E-state index contributed by atoms with van der Waals surface area (Å²) < 4.78 is 30.2. The van der Waals surface area contributed by atoms with Crippen LogP contribution in [0.5, 0.6) is 0 Å². The van der Waals surface area contributed by atoms with Crippen LogP contribution in [-0.2, 0) is 16.6 Å². The van der Waals surface area contributed by atoms with Crippen LogP contribution in [0.4, 0.5) is 0 Å². The number of rotatable bonds is 7. The molecule has 0 saturated carbocycles. The highest BCUT2D eigenvalue weighted by Crippen LogP contribution is 2.16. The number of likely N-dealkylation sites (tertiary alicyclic amines) is 1. The van der Waals surface area contributed by atoms with Gasteiger partial charge in [0.25, 0.3) is 10.0 Å². The van der Waals surface area contributed by atoms with Gasteiger partial charge in [-0.2, -0.15) is 0 Å². The summed E-state index contributed by atoms with van der Waals surface area (Å²) in [4.78, 5) is 2.43. The van der Waals surface area contributed by atoms with Gasteiger partial charge in [0.15, 0.2) is 0 Å². The minimum absolute atomic E-state index is 0.00107. The van der Waals surface area contributed by atoms with Crippen molar-refractivity contribution in [3.8, 4) is 0 Å². The first-order valence-corrected chi connectivity index (χ1v) is 8.38. The van der Waals surface area contributed by atoms with E-state index in [0.717, 1.165) is 17.4 Å². The van der Waals surface area contributed by atoms with Crippen molar-refractivity contribution in [1.29, 1.82) is 0 Å². The quantitative estimate of drug-likeness (QED) is 0.752. The molecule has 1 N–H and O–H groups in total. The van der Waals surface area contributed by atoms with Crippen LogP contribution in [0.3, 0.4) is 0 Å².